The molecule has 0 aliphatic carbocycles. The summed E-state index contributed by atoms with van der Waals surface area (Å²) in [5, 5.41) is 0. The fourth-order valence-electron chi connectivity index (χ4n) is 2.17. The van der Waals surface area contributed by atoms with Crippen LogP contribution in [0, 0.1) is 5.82 Å². The zero-order chi connectivity index (χ0) is 15.4. The van der Waals surface area contributed by atoms with Gasteiger partial charge in [-0.15, -0.1) is 0 Å². The number of aromatic nitrogens is 2. The topological polar surface area (TPSA) is 42.9 Å². The average Bonchev–Trinajstić information content (AvgIpc) is 2.56. The summed E-state index contributed by atoms with van der Waals surface area (Å²) in [7, 11) is 0. The van der Waals surface area contributed by atoms with Gasteiger partial charge in [0.25, 0.3) is 0 Å². The van der Waals surface area contributed by atoms with Crippen molar-refractivity contribution >= 4 is 5.78 Å². The monoisotopic (exact) mass is 292 g/mol. The minimum Gasteiger partial charge on any atom is -0.292 e. The fourth-order valence-corrected chi connectivity index (χ4v) is 2.17. The molecule has 2 aromatic heterocycles. The van der Waals surface area contributed by atoms with Gasteiger partial charge in [-0.05, 0) is 54.1 Å². The normalized spacial score (nSPS) is 10.4. The molecule has 0 saturated carbocycles. The molecule has 0 amide bonds. The Balaban J connectivity index is 1.82. The molecule has 0 aliphatic heterocycles. The van der Waals surface area contributed by atoms with Crippen LogP contribution in [0.1, 0.15) is 16.1 Å². The summed E-state index contributed by atoms with van der Waals surface area (Å²) in [5.41, 5.74) is 2.83. The highest BCUT2D eigenvalue weighted by Crippen LogP contribution is 2.19. The molecule has 22 heavy (non-hydrogen) atoms. The molecule has 108 valence electrons. The van der Waals surface area contributed by atoms with Gasteiger partial charge in [-0.3, -0.25) is 14.8 Å². The highest BCUT2D eigenvalue weighted by Gasteiger charge is 2.09. The number of rotatable bonds is 4. The number of carbonyl (C=O) groups excluding carboxylic acids is 1. The van der Waals surface area contributed by atoms with Crippen LogP contribution in [0.25, 0.3) is 11.3 Å². The van der Waals surface area contributed by atoms with Crippen molar-refractivity contribution in [3.63, 3.8) is 0 Å². The largest absolute Gasteiger partial charge is 0.292 e. The Labute approximate surface area is 127 Å². The molecule has 0 saturated heterocycles. The lowest BCUT2D eigenvalue weighted by atomic mass is 10.0. The van der Waals surface area contributed by atoms with Gasteiger partial charge in [-0.1, -0.05) is 6.07 Å². The molecular weight excluding hydrogens is 279 g/mol. The summed E-state index contributed by atoms with van der Waals surface area (Å²) < 4.78 is 13.0. The van der Waals surface area contributed by atoms with E-state index < -0.39 is 0 Å². The van der Waals surface area contributed by atoms with Crippen molar-refractivity contribution < 1.29 is 9.18 Å². The van der Waals surface area contributed by atoms with Gasteiger partial charge >= 0.3 is 0 Å². The van der Waals surface area contributed by atoms with E-state index in [1.54, 1.807) is 48.8 Å². The van der Waals surface area contributed by atoms with Crippen molar-refractivity contribution in [1.82, 2.24) is 9.97 Å². The molecule has 0 fully saturated rings. The van der Waals surface area contributed by atoms with Crippen LogP contribution < -0.4 is 0 Å². The molecule has 2 heterocycles. The van der Waals surface area contributed by atoms with Gasteiger partial charge < -0.3 is 0 Å². The quantitative estimate of drug-likeness (QED) is 0.688. The van der Waals surface area contributed by atoms with Crippen molar-refractivity contribution in [2.75, 3.05) is 0 Å². The first kappa shape index (κ1) is 14.1. The van der Waals surface area contributed by atoms with E-state index in [0.29, 0.717) is 11.4 Å². The lowest BCUT2D eigenvalue weighted by Crippen LogP contribution is -2.05. The van der Waals surface area contributed by atoms with E-state index >= 15 is 0 Å². The molecule has 0 unspecified atom stereocenters. The second kappa shape index (κ2) is 6.26. The predicted molar refractivity (Wildman–Crippen MR) is 81.9 cm³/mol. The van der Waals surface area contributed by atoms with Crippen LogP contribution in [0.2, 0.25) is 0 Å². The molecular formula is C18H13FN2O. The summed E-state index contributed by atoms with van der Waals surface area (Å²) >= 11 is 0. The summed E-state index contributed by atoms with van der Waals surface area (Å²) in [6.45, 7) is 0. The van der Waals surface area contributed by atoms with Crippen LogP contribution in [-0.4, -0.2) is 15.8 Å². The Bertz CT molecular complexity index is 786. The van der Waals surface area contributed by atoms with Crippen molar-refractivity contribution in [1.29, 1.82) is 0 Å². The Hall–Kier alpha value is -2.88. The molecule has 0 spiro atoms. The second-order valence-corrected chi connectivity index (χ2v) is 4.87. The van der Waals surface area contributed by atoms with Gasteiger partial charge in [0.1, 0.15) is 11.5 Å². The molecule has 3 rings (SSSR count). The van der Waals surface area contributed by atoms with Crippen molar-refractivity contribution in [2.24, 2.45) is 0 Å². The molecule has 0 N–H and O–H groups in total. The number of nitrogens with zero attached hydrogens (tertiary/aromatic N) is 2. The number of Topliss-reactive ketones (excluding diaryl/α,β-unsaturated/α-hetero) is 1. The summed E-state index contributed by atoms with van der Waals surface area (Å²) in [6, 6.07) is 15.0. The maximum Gasteiger partial charge on any atom is 0.185 e. The number of pyridine rings is 2. The fraction of sp³-hybridized carbons (Fsp3) is 0.0556. The number of hydrogen-bond donors (Lipinski definition) is 0. The second-order valence-electron chi connectivity index (χ2n) is 4.87. The minimum atomic E-state index is -0.287. The maximum atomic E-state index is 13.0. The van der Waals surface area contributed by atoms with E-state index in [-0.39, 0.29) is 18.0 Å². The lowest BCUT2D eigenvalue weighted by molar-refractivity contribution is 0.0988. The Morgan fingerprint density at radius 2 is 1.77 bits per heavy atom. The molecule has 0 radical (unpaired) electrons. The number of benzene rings is 1. The molecule has 4 heteroatoms. The Kier molecular flexibility index (Phi) is 4.01. The van der Waals surface area contributed by atoms with Gasteiger partial charge in [-0.25, -0.2) is 4.39 Å². The molecule has 0 aliphatic rings. The van der Waals surface area contributed by atoms with Crippen LogP contribution >= 0.6 is 0 Å². The third kappa shape index (κ3) is 3.23. The maximum absolute atomic E-state index is 13.0. The first-order chi connectivity index (χ1) is 10.7. The third-order valence-electron chi connectivity index (χ3n) is 3.28. The standard InChI is InChI=1S/C18H13FN2O/c19-15-6-4-14(5-7-15)17-11-13(8-10-21-17)12-18(22)16-3-1-2-9-20-16/h1-11H,12H2. The van der Waals surface area contributed by atoms with E-state index in [9.17, 15) is 9.18 Å². The SMILES string of the molecule is O=C(Cc1ccnc(-c2ccc(F)cc2)c1)c1ccccn1. The van der Waals surface area contributed by atoms with E-state index in [0.717, 1.165) is 11.1 Å². The predicted octanol–water partition coefficient (Wildman–Crippen LogP) is 3.71. The van der Waals surface area contributed by atoms with Gasteiger partial charge in [0.15, 0.2) is 5.78 Å². The van der Waals surface area contributed by atoms with E-state index in [1.165, 1.54) is 12.1 Å². The molecule has 1 aromatic carbocycles. The lowest BCUT2D eigenvalue weighted by Gasteiger charge is -2.04. The summed E-state index contributed by atoms with van der Waals surface area (Å²) in [6.07, 6.45) is 3.51. The molecule has 0 atom stereocenters. The molecule has 0 bridgehead atoms. The first-order valence-electron chi connectivity index (χ1n) is 6.87. The van der Waals surface area contributed by atoms with E-state index in [4.69, 9.17) is 0 Å². The van der Waals surface area contributed by atoms with Gasteiger partial charge in [-0.2, -0.15) is 0 Å². The van der Waals surface area contributed by atoms with Crippen LogP contribution in [-0.2, 0) is 6.42 Å². The van der Waals surface area contributed by atoms with Crippen LogP contribution in [0.15, 0.2) is 67.0 Å². The molecule has 3 aromatic rings. The highest BCUT2D eigenvalue weighted by atomic mass is 19.1. The van der Waals surface area contributed by atoms with Crippen molar-refractivity contribution in [3.8, 4) is 11.3 Å². The summed E-state index contributed by atoms with van der Waals surface area (Å²) in [5.74, 6) is -0.331. The van der Waals surface area contributed by atoms with E-state index in [1.807, 2.05) is 6.07 Å². The van der Waals surface area contributed by atoms with Gasteiger partial charge in [0.2, 0.25) is 0 Å². The van der Waals surface area contributed by atoms with Crippen molar-refractivity contribution in [2.45, 2.75) is 6.42 Å². The van der Waals surface area contributed by atoms with Gasteiger partial charge in [0.05, 0.1) is 5.69 Å². The zero-order valence-corrected chi connectivity index (χ0v) is 11.7. The highest BCUT2D eigenvalue weighted by molar-refractivity contribution is 5.95. The summed E-state index contributed by atoms with van der Waals surface area (Å²) in [4.78, 5) is 20.5. The third-order valence-corrected chi connectivity index (χ3v) is 3.28. The minimum absolute atomic E-state index is 0.0446. The van der Waals surface area contributed by atoms with E-state index in [2.05, 4.69) is 9.97 Å². The number of carbonyl (C=O) groups is 1. The zero-order valence-electron chi connectivity index (χ0n) is 11.7. The molecule has 3 nitrogen and oxygen atoms in total. The number of halogens is 1. The van der Waals surface area contributed by atoms with Crippen LogP contribution in [0.5, 0.6) is 0 Å². The number of ketones is 1. The first-order valence-corrected chi connectivity index (χ1v) is 6.87. The number of hydrogen-bond acceptors (Lipinski definition) is 3. The van der Waals surface area contributed by atoms with Crippen LogP contribution in [0.4, 0.5) is 4.39 Å². The van der Waals surface area contributed by atoms with Crippen LogP contribution in [0.3, 0.4) is 0 Å². The smallest absolute Gasteiger partial charge is 0.185 e. The van der Waals surface area contributed by atoms with Gasteiger partial charge in [0, 0.05) is 24.4 Å². The average molecular weight is 292 g/mol. The van der Waals surface area contributed by atoms with Crippen molar-refractivity contribution in [3.05, 3.63) is 84.1 Å². The Morgan fingerprint density at radius 1 is 0.955 bits per heavy atom. The Morgan fingerprint density at radius 3 is 2.50 bits per heavy atom.